The normalized spacial score (nSPS) is 11.1. The highest BCUT2D eigenvalue weighted by Crippen LogP contribution is 2.27. The van der Waals surface area contributed by atoms with Crippen molar-refractivity contribution in [2.24, 2.45) is 0 Å². The number of aromatic nitrogens is 1. The third kappa shape index (κ3) is 2.55. The lowest BCUT2D eigenvalue weighted by Crippen LogP contribution is -2.04. The third-order valence-corrected chi connectivity index (χ3v) is 3.69. The summed E-state index contributed by atoms with van der Waals surface area (Å²) in [5, 5.41) is 7.14. The van der Waals surface area contributed by atoms with E-state index < -0.39 is 11.6 Å². The Morgan fingerprint density at radius 3 is 2.68 bits per heavy atom. The van der Waals surface area contributed by atoms with Gasteiger partial charge in [-0.1, -0.05) is 12.1 Å². The number of rotatable bonds is 4. The minimum Gasteiger partial charge on any atom is -0.361 e. The molecule has 0 aliphatic heterocycles. The van der Waals surface area contributed by atoms with Crippen LogP contribution in [0.5, 0.6) is 0 Å². The van der Waals surface area contributed by atoms with Crippen LogP contribution in [-0.4, -0.2) is 12.0 Å². The molecule has 0 unspecified atom stereocenters. The van der Waals surface area contributed by atoms with Crippen LogP contribution in [-0.2, 0) is 6.54 Å². The fourth-order valence-corrected chi connectivity index (χ4v) is 2.50. The van der Waals surface area contributed by atoms with Crippen LogP contribution in [0.25, 0.3) is 10.9 Å². The SMILES string of the molecule is CNCc1c[nH]c2cc(Nc3ccc(C)c(F)c3F)ccc12. The minimum absolute atomic E-state index is 0.129. The molecule has 5 heteroatoms. The Hall–Kier alpha value is -2.40. The molecule has 114 valence electrons. The van der Waals surface area contributed by atoms with Crippen molar-refractivity contribution in [3.63, 3.8) is 0 Å². The van der Waals surface area contributed by atoms with E-state index >= 15 is 0 Å². The van der Waals surface area contributed by atoms with Gasteiger partial charge in [0.15, 0.2) is 11.6 Å². The molecule has 0 amide bonds. The van der Waals surface area contributed by atoms with Crippen molar-refractivity contribution < 1.29 is 8.78 Å². The number of hydrogen-bond acceptors (Lipinski definition) is 2. The van der Waals surface area contributed by atoms with Gasteiger partial charge in [-0.25, -0.2) is 8.78 Å². The predicted molar refractivity (Wildman–Crippen MR) is 85.4 cm³/mol. The van der Waals surface area contributed by atoms with E-state index in [4.69, 9.17) is 0 Å². The van der Waals surface area contributed by atoms with Gasteiger partial charge in [0.1, 0.15) is 0 Å². The Bertz CT molecular complexity index is 824. The van der Waals surface area contributed by atoms with Gasteiger partial charge in [0.05, 0.1) is 5.69 Å². The molecule has 0 saturated carbocycles. The van der Waals surface area contributed by atoms with Crippen LogP contribution < -0.4 is 10.6 Å². The monoisotopic (exact) mass is 301 g/mol. The summed E-state index contributed by atoms with van der Waals surface area (Å²) in [4.78, 5) is 3.19. The van der Waals surface area contributed by atoms with Crippen LogP contribution in [0.2, 0.25) is 0 Å². The fourth-order valence-electron chi connectivity index (χ4n) is 2.50. The maximum atomic E-state index is 13.9. The fraction of sp³-hybridized carbons (Fsp3) is 0.176. The average Bonchev–Trinajstić information content (AvgIpc) is 2.91. The number of benzene rings is 2. The molecule has 0 radical (unpaired) electrons. The van der Waals surface area contributed by atoms with Crippen LogP contribution in [0, 0.1) is 18.6 Å². The van der Waals surface area contributed by atoms with E-state index in [-0.39, 0.29) is 5.69 Å². The number of hydrogen-bond donors (Lipinski definition) is 3. The molecule has 3 nitrogen and oxygen atoms in total. The quantitative estimate of drug-likeness (QED) is 0.675. The van der Waals surface area contributed by atoms with Crippen molar-refractivity contribution in [1.29, 1.82) is 0 Å². The lowest BCUT2D eigenvalue weighted by Gasteiger charge is -2.09. The summed E-state index contributed by atoms with van der Waals surface area (Å²) >= 11 is 0. The topological polar surface area (TPSA) is 39.9 Å². The molecular formula is C17H17F2N3. The van der Waals surface area contributed by atoms with Gasteiger partial charge < -0.3 is 15.6 Å². The van der Waals surface area contributed by atoms with Gasteiger partial charge in [-0.15, -0.1) is 0 Å². The van der Waals surface area contributed by atoms with Gasteiger partial charge >= 0.3 is 0 Å². The predicted octanol–water partition coefficient (Wildman–Crippen LogP) is 4.22. The first kappa shape index (κ1) is 14.5. The number of nitrogens with one attached hydrogen (secondary N) is 3. The van der Waals surface area contributed by atoms with Gasteiger partial charge in [0.2, 0.25) is 0 Å². The van der Waals surface area contributed by atoms with Crippen molar-refractivity contribution in [2.75, 3.05) is 12.4 Å². The zero-order valence-electron chi connectivity index (χ0n) is 12.4. The van der Waals surface area contributed by atoms with E-state index in [1.54, 1.807) is 12.1 Å². The first-order valence-corrected chi connectivity index (χ1v) is 7.06. The summed E-state index contributed by atoms with van der Waals surface area (Å²) in [6, 6.07) is 8.79. The van der Waals surface area contributed by atoms with Gasteiger partial charge in [-0.2, -0.15) is 0 Å². The first-order valence-electron chi connectivity index (χ1n) is 7.06. The highest BCUT2D eigenvalue weighted by molar-refractivity contribution is 5.87. The largest absolute Gasteiger partial charge is 0.361 e. The number of anilines is 2. The standard InChI is InChI=1S/C17H17F2N3/c1-10-3-6-14(17(19)16(10)18)22-12-4-5-13-11(8-20-2)9-21-15(13)7-12/h3-7,9,20-22H,8H2,1-2H3. The smallest absolute Gasteiger partial charge is 0.182 e. The summed E-state index contributed by atoms with van der Waals surface area (Å²) in [6.45, 7) is 2.31. The molecule has 0 aliphatic carbocycles. The zero-order valence-corrected chi connectivity index (χ0v) is 12.4. The Morgan fingerprint density at radius 1 is 1.09 bits per heavy atom. The molecule has 0 aliphatic rings. The molecule has 0 saturated heterocycles. The number of aromatic amines is 1. The average molecular weight is 301 g/mol. The molecule has 0 bridgehead atoms. The summed E-state index contributed by atoms with van der Waals surface area (Å²) in [5.41, 5.74) is 3.23. The molecule has 1 aromatic heterocycles. The maximum absolute atomic E-state index is 13.9. The van der Waals surface area contributed by atoms with E-state index in [0.717, 1.165) is 23.0 Å². The van der Waals surface area contributed by atoms with Crippen LogP contribution in [0.3, 0.4) is 0 Å². The summed E-state index contributed by atoms with van der Waals surface area (Å²) in [6.07, 6.45) is 1.94. The lowest BCUT2D eigenvalue weighted by atomic mass is 10.1. The maximum Gasteiger partial charge on any atom is 0.182 e. The first-order chi connectivity index (χ1) is 10.6. The molecule has 0 atom stereocenters. The Labute approximate surface area is 127 Å². The van der Waals surface area contributed by atoms with Crippen molar-refractivity contribution in [1.82, 2.24) is 10.3 Å². The van der Waals surface area contributed by atoms with Crippen molar-refractivity contribution in [3.05, 3.63) is 59.3 Å². The Kier molecular flexibility index (Phi) is 3.81. The molecule has 1 heterocycles. The Balaban J connectivity index is 1.93. The molecule has 3 aromatic rings. The third-order valence-electron chi connectivity index (χ3n) is 3.69. The van der Waals surface area contributed by atoms with E-state index in [2.05, 4.69) is 15.6 Å². The number of aryl methyl sites for hydroxylation is 1. The molecule has 0 fully saturated rings. The molecule has 2 aromatic carbocycles. The summed E-state index contributed by atoms with van der Waals surface area (Å²) in [7, 11) is 1.89. The van der Waals surface area contributed by atoms with Crippen molar-refractivity contribution in [2.45, 2.75) is 13.5 Å². The molecule has 22 heavy (non-hydrogen) atoms. The zero-order chi connectivity index (χ0) is 15.7. The van der Waals surface area contributed by atoms with E-state index in [1.807, 2.05) is 31.4 Å². The van der Waals surface area contributed by atoms with E-state index in [9.17, 15) is 8.78 Å². The second kappa shape index (κ2) is 5.77. The van der Waals surface area contributed by atoms with E-state index in [0.29, 0.717) is 11.3 Å². The number of fused-ring (bicyclic) bond motifs is 1. The lowest BCUT2D eigenvalue weighted by molar-refractivity contribution is 0.506. The highest BCUT2D eigenvalue weighted by atomic mass is 19.2. The molecule has 0 spiro atoms. The molecule has 3 N–H and O–H groups in total. The number of halogens is 2. The van der Waals surface area contributed by atoms with Crippen LogP contribution in [0.1, 0.15) is 11.1 Å². The van der Waals surface area contributed by atoms with Crippen molar-refractivity contribution >= 4 is 22.3 Å². The van der Waals surface area contributed by atoms with Gasteiger partial charge in [0.25, 0.3) is 0 Å². The van der Waals surface area contributed by atoms with Crippen LogP contribution in [0.15, 0.2) is 36.5 Å². The second-order valence-electron chi connectivity index (χ2n) is 5.29. The second-order valence-corrected chi connectivity index (χ2v) is 5.29. The summed E-state index contributed by atoms with van der Waals surface area (Å²) in [5.74, 6) is -1.68. The van der Waals surface area contributed by atoms with Gasteiger partial charge in [-0.05, 0) is 43.3 Å². The number of H-pyrrole nitrogens is 1. The van der Waals surface area contributed by atoms with Crippen LogP contribution in [0.4, 0.5) is 20.2 Å². The van der Waals surface area contributed by atoms with Crippen molar-refractivity contribution in [3.8, 4) is 0 Å². The minimum atomic E-state index is -0.859. The van der Waals surface area contributed by atoms with Gasteiger partial charge in [-0.3, -0.25) is 0 Å². The molecular weight excluding hydrogens is 284 g/mol. The molecule has 3 rings (SSSR count). The van der Waals surface area contributed by atoms with E-state index in [1.165, 1.54) is 6.92 Å². The van der Waals surface area contributed by atoms with Gasteiger partial charge in [0, 0.05) is 29.3 Å². The summed E-state index contributed by atoms with van der Waals surface area (Å²) < 4.78 is 27.5. The van der Waals surface area contributed by atoms with Crippen LogP contribution >= 0.6 is 0 Å². The Morgan fingerprint density at radius 2 is 1.91 bits per heavy atom. The highest BCUT2D eigenvalue weighted by Gasteiger charge is 2.11.